The molecule has 0 radical (unpaired) electrons. The third-order valence-electron chi connectivity index (χ3n) is 5.60. The minimum absolute atomic E-state index is 0.00288. The van der Waals surface area contributed by atoms with E-state index in [1.807, 2.05) is 20.8 Å². The molecule has 0 aliphatic carbocycles. The number of aryl methyl sites for hydroxylation is 2. The van der Waals surface area contributed by atoms with E-state index in [0.29, 0.717) is 17.9 Å². The van der Waals surface area contributed by atoms with Gasteiger partial charge in [0.1, 0.15) is 4.90 Å². The SMILES string of the molecule is Cc1ccc(C)c(C(C)NC(=O)C2CCN(S(=O)(=O)c3cc(Cl)ccc3Cl)CC2)c1. The van der Waals surface area contributed by atoms with Crippen molar-refractivity contribution >= 4 is 39.1 Å². The van der Waals surface area contributed by atoms with Gasteiger partial charge in [-0.3, -0.25) is 4.79 Å². The number of nitrogens with one attached hydrogen (secondary N) is 1. The Balaban J connectivity index is 1.64. The van der Waals surface area contributed by atoms with Crippen LogP contribution in [-0.2, 0) is 14.8 Å². The fraction of sp³-hybridized carbons (Fsp3) is 0.409. The number of hydrogen-bond donors (Lipinski definition) is 1. The molecular weight excluding hydrogens is 443 g/mol. The van der Waals surface area contributed by atoms with Gasteiger partial charge in [-0.2, -0.15) is 4.31 Å². The quantitative estimate of drug-likeness (QED) is 0.678. The average molecular weight is 469 g/mol. The summed E-state index contributed by atoms with van der Waals surface area (Å²) in [5, 5.41) is 3.54. The van der Waals surface area contributed by atoms with Crippen LogP contribution in [0.25, 0.3) is 0 Å². The zero-order chi connectivity index (χ0) is 22.1. The number of amides is 1. The number of benzene rings is 2. The molecule has 1 amide bonds. The molecule has 2 aromatic carbocycles. The van der Waals surface area contributed by atoms with Crippen LogP contribution in [0.5, 0.6) is 0 Å². The fourth-order valence-electron chi connectivity index (χ4n) is 3.81. The molecule has 0 spiro atoms. The molecule has 1 unspecified atom stereocenters. The van der Waals surface area contributed by atoms with Gasteiger partial charge < -0.3 is 5.32 Å². The molecule has 8 heteroatoms. The van der Waals surface area contributed by atoms with Crippen molar-refractivity contribution in [1.82, 2.24) is 9.62 Å². The van der Waals surface area contributed by atoms with Crippen LogP contribution in [0.3, 0.4) is 0 Å². The van der Waals surface area contributed by atoms with E-state index in [1.165, 1.54) is 16.4 Å². The molecule has 1 aliphatic heterocycles. The summed E-state index contributed by atoms with van der Waals surface area (Å²) in [5.41, 5.74) is 3.38. The van der Waals surface area contributed by atoms with E-state index in [1.54, 1.807) is 6.07 Å². The minimum Gasteiger partial charge on any atom is -0.349 e. The molecule has 3 rings (SSSR count). The van der Waals surface area contributed by atoms with E-state index < -0.39 is 10.0 Å². The zero-order valence-electron chi connectivity index (χ0n) is 17.3. The molecule has 1 aliphatic rings. The van der Waals surface area contributed by atoms with Crippen molar-refractivity contribution in [2.24, 2.45) is 5.92 Å². The number of sulfonamides is 1. The third kappa shape index (κ3) is 4.99. The lowest BCUT2D eigenvalue weighted by Gasteiger charge is -2.31. The van der Waals surface area contributed by atoms with Crippen molar-refractivity contribution in [3.8, 4) is 0 Å². The van der Waals surface area contributed by atoms with Crippen molar-refractivity contribution < 1.29 is 13.2 Å². The van der Waals surface area contributed by atoms with Gasteiger partial charge in [-0.15, -0.1) is 0 Å². The Morgan fingerprint density at radius 1 is 1.10 bits per heavy atom. The van der Waals surface area contributed by atoms with Crippen LogP contribution in [0.15, 0.2) is 41.3 Å². The predicted molar refractivity (Wildman–Crippen MR) is 120 cm³/mol. The highest BCUT2D eigenvalue weighted by molar-refractivity contribution is 7.89. The third-order valence-corrected chi connectivity index (χ3v) is 8.21. The molecule has 30 heavy (non-hydrogen) atoms. The van der Waals surface area contributed by atoms with Crippen molar-refractivity contribution in [3.05, 3.63) is 63.1 Å². The number of piperidine rings is 1. The van der Waals surface area contributed by atoms with E-state index in [9.17, 15) is 13.2 Å². The minimum atomic E-state index is -3.76. The van der Waals surface area contributed by atoms with E-state index in [4.69, 9.17) is 23.2 Å². The fourth-order valence-corrected chi connectivity index (χ4v) is 6.01. The van der Waals surface area contributed by atoms with Crippen LogP contribution >= 0.6 is 23.2 Å². The number of nitrogens with zero attached hydrogens (tertiary/aromatic N) is 1. The van der Waals surface area contributed by atoms with Crippen molar-refractivity contribution in [2.75, 3.05) is 13.1 Å². The molecule has 0 bridgehead atoms. The second-order valence-corrected chi connectivity index (χ2v) is 10.6. The van der Waals surface area contributed by atoms with Gasteiger partial charge in [0.2, 0.25) is 15.9 Å². The second kappa shape index (κ2) is 9.27. The highest BCUT2D eigenvalue weighted by Gasteiger charge is 2.33. The summed E-state index contributed by atoms with van der Waals surface area (Å²) in [6.45, 7) is 6.56. The maximum atomic E-state index is 13.0. The highest BCUT2D eigenvalue weighted by Crippen LogP contribution is 2.30. The summed E-state index contributed by atoms with van der Waals surface area (Å²) < 4.78 is 27.3. The molecular formula is C22H26Cl2N2O3S. The maximum Gasteiger partial charge on any atom is 0.244 e. The van der Waals surface area contributed by atoms with Crippen LogP contribution < -0.4 is 5.32 Å². The maximum absolute atomic E-state index is 13.0. The lowest BCUT2D eigenvalue weighted by molar-refractivity contribution is -0.126. The molecule has 5 nitrogen and oxygen atoms in total. The largest absolute Gasteiger partial charge is 0.349 e. The Hall–Kier alpha value is -1.60. The predicted octanol–water partition coefficient (Wildman–Crippen LogP) is 4.89. The van der Waals surface area contributed by atoms with Gasteiger partial charge >= 0.3 is 0 Å². The van der Waals surface area contributed by atoms with E-state index in [-0.39, 0.29) is 40.9 Å². The Morgan fingerprint density at radius 2 is 1.77 bits per heavy atom. The lowest BCUT2D eigenvalue weighted by Crippen LogP contribution is -2.43. The summed E-state index contributed by atoms with van der Waals surface area (Å²) in [6.07, 6.45) is 0.922. The Labute approximate surface area is 188 Å². The van der Waals surface area contributed by atoms with Crippen molar-refractivity contribution in [3.63, 3.8) is 0 Å². The van der Waals surface area contributed by atoms with Gasteiger partial charge in [-0.05, 0) is 62.9 Å². The monoisotopic (exact) mass is 468 g/mol. The molecule has 0 saturated carbocycles. The summed E-state index contributed by atoms with van der Waals surface area (Å²) in [6, 6.07) is 10.5. The molecule has 1 saturated heterocycles. The van der Waals surface area contributed by atoms with Crippen molar-refractivity contribution in [1.29, 1.82) is 0 Å². The van der Waals surface area contributed by atoms with E-state index >= 15 is 0 Å². The molecule has 1 atom stereocenters. The number of hydrogen-bond acceptors (Lipinski definition) is 3. The molecule has 1 fully saturated rings. The Morgan fingerprint density at radius 3 is 2.43 bits per heavy atom. The summed E-state index contributed by atoms with van der Waals surface area (Å²) >= 11 is 12.0. The summed E-state index contributed by atoms with van der Waals surface area (Å²) in [5.74, 6) is -0.264. The standard InChI is InChI=1S/C22H26Cl2N2O3S/c1-14-4-5-15(2)19(12-14)16(3)25-22(27)17-8-10-26(11-9-17)30(28,29)21-13-18(23)6-7-20(21)24/h4-7,12-13,16-17H,8-11H2,1-3H3,(H,25,27). The normalized spacial score (nSPS) is 17.0. The van der Waals surface area contributed by atoms with Gasteiger partial charge in [-0.25, -0.2) is 8.42 Å². The summed E-state index contributed by atoms with van der Waals surface area (Å²) in [7, 11) is -3.76. The number of rotatable bonds is 5. The van der Waals surface area contributed by atoms with Crippen molar-refractivity contribution in [2.45, 2.75) is 44.6 Å². The van der Waals surface area contributed by atoms with Gasteiger partial charge in [-0.1, -0.05) is 47.0 Å². The first-order valence-electron chi connectivity index (χ1n) is 9.92. The molecule has 162 valence electrons. The smallest absolute Gasteiger partial charge is 0.244 e. The first-order valence-corrected chi connectivity index (χ1v) is 12.1. The first kappa shape index (κ1) is 23.1. The van der Waals surface area contributed by atoms with Gasteiger partial charge in [0, 0.05) is 24.0 Å². The topological polar surface area (TPSA) is 66.5 Å². The molecule has 0 aromatic heterocycles. The highest BCUT2D eigenvalue weighted by atomic mass is 35.5. The van der Waals surface area contributed by atoms with Crippen LogP contribution in [0, 0.1) is 19.8 Å². The van der Waals surface area contributed by atoms with Gasteiger partial charge in [0.15, 0.2) is 0 Å². The summed E-state index contributed by atoms with van der Waals surface area (Å²) in [4.78, 5) is 12.8. The number of carbonyl (C=O) groups excluding carboxylic acids is 1. The Kier molecular flexibility index (Phi) is 7.13. The van der Waals surface area contributed by atoms with Crippen LogP contribution in [0.4, 0.5) is 0 Å². The van der Waals surface area contributed by atoms with Gasteiger partial charge in [0.05, 0.1) is 11.1 Å². The zero-order valence-corrected chi connectivity index (χ0v) is 19.6. The van der Waals surface area contributed by atoms with Gasteiger partial charge in [0.25, 0.3) is 0 Å². The average Bonchev–Trinajstić information content (AvgIpc) is 2.71. The number of halogens is 2. The van der Waals surface area contributed by atoms with E-state index in [2.05, 4.69) is 23.5 Å². The second-order valence-electron chi connectivity index (χ2n) is 7.84. The molecule has 2 aromatic rings. The lowest BCUT2D eigenvalue weighted by atomic mass is 9.95. The van der Waals surface area contributed by atoms with Crippen LogP contribution in [0.2, 0.25) is 10.0 Å². The molecule has 1 N–H and O–H groups in total. The molecule has 1 heterocycles. The Bertz CT molecular complexity index is 1050. The van der Waals surface area contributed by atoms with E-state index in [0.717, 1.165) is 16.7 Å². The van der Waals surface area contributed by atoms with Crippen LogP contribution in [-0.4, -0.2) is 31.7 Å². The van der Waals surface area contributed by atoms with Crippen LogP contribution in [0.1, 0.15) is 42.5 Å². The number of carbonyl (C=O) groups is 1. The first-order chi connectivity index (χ1) is 14.1.